The quantitative estimate of drug-likeness (QED) is 0.613. The van der Waals surface area contributed by atoms with E-state index in [4.69, 9.17) is 5.73 Å². The molecule has 0 bridgehead atoms. The Morgan fingerprint density at radius 2 is 2.40 bits per heavy atom. The number of nitrogens with two attached hydrogens (primary N) is 1. The van der Waals surface area contributed by atoms with E-state index in [0.717, 1.165) is 12.3 Å². The van der Waals surface area contributed by atoms with Gasteiger partial charge >= 0.3 is 0 Å². The van der Waals surface area contributed by atoms with Gasteiger partial charge in [-0.3, -0.25) is 0 Å². The van der Waals surface area contributed by atoms with Crippen molar-refractivity contribution < 1.29 is 4.39 Å². The molecule has 1 atom stereocenters. The largest absolute Gasteiger partial charge is 0.399 e. The molecule has 2 nitrogen and oxygen atoms in total. The molecule has 1 fully saturated rings. The predicted octanol–water partition coefficient (Wildman–Crippen LogP) is 2.25. The minimum Gasteiger partial charge on any atom is -0.399 e. The van der Waals surface area contributed by atoms with Gasteiger partial charge in [0, 0.05) is 22.4 Å². The van der Waals surface area contributed by atoms with Crippen LogP contribution in [-0.4, -0.2) is 18.3 Å². The lowest BCUT2D eigenvalue weighted by Crippen LogP contribution is -2.23. The highest BCUT2D eigenvalue weighted by Crippen LogP contribution is 2.25. The van der Waals surface area contributed by atoms with E-state index in [9.17, 15) is 4.39 Å². The summed E-state index contributed by atoms with van der Waals surface area (Å²) in [6.45, 7) is 1.09. The summed E-state index contributed by atoms with van der Waals surface area (Å²) in [6.07, 6.45) is 2.43. The molecular weight excluding hydrogens is 211 g/mol. The molecule has 1 aliphatic heterocycles. The molecule has 0 radical (unpaired) electrons. The van der Waals surface area contributed by atoms with Crippen LogP contribution in [0, 0.1) is 5.82 Å². The number of hydrogen-bond acceptors (Lipinski definition) is 3. The predicted molar refractivity (Wildman–Crippen MR) is 62.6 cm³/mol. The topological polar surface area (TPSA) is 38.0 Å². The van der Waals surface area contributed by atoms with Crippen molar-refractivity contribution in [3.8, 4) is 0 Å². The number of rotatable bonds is 3. The lowest BCUT2D eigenvalue weighted by atomic mass is 10.3. The number of benzene rings is 1. The molecular formula is C11H15FN2S. The number of hydrogen-bond donors (Lipinski definition) is 2. The summed E-state index contributed by atoms with van der Waals surface area (Å²) >= 11 is 1.56. The van der Waals surface area contributed by atoms with Gasteiger partial charge < -0.3 is 11.1 Å². The second-order valence-corrected chi connectivity index (χ2v) is 4.86. The first-order chi connectivity index (χ1) is 7.25. The van der Waals surface area contributed by atoms with Crippen LogP contribution < -0.4 is 11.1 Å². The third kappa shape index (κ3) is 2.86. The standard InChI is InChI=1S/C11H15FN2S/c12-10-6-8(13)3-4-11(10)15-7-9-2-1-5-14-9/h3-4,6,9,14H,1-2,5,7,13H2. The fourth-order valence-corrected chi connectivity index (χ4v) is 2.75. The molecule has 0 spiro atoms. The van der Waals surface area contributed by atoms with Crippen LogP contribution in [-0.2, 0) is 0 Å². The second kappa shape index (κ2) is 4.86. The number of anilines is 1. The van der Waals surface area contributed by atoms with Crippen LogP contribution in [0.5, 0.6) is 0 Å². The molecule has 0 aliphatic carbocycles. The summed E-state index contributed by atoms with van der Waals surface area (Å²) in [5.74, 6) is 0.721. The summed E-state index contributed by atoms with van der Waals surface area (Å²) in [5, 5.41) is 3.39. The van der Waals surface area contributed by atoms with Crippen LogP contribution >= 0.6 is 11.8 Å². The first-order valence-corrected chi connectivity index (χ1v) is 6.15. The van der Waals surface area contributed by atoms with Crippen molar-refractivity contribution in [2.45, 2.75) is 23.8 Å². The maximum absolute atomic E-state index is 13.4. The monoisotopic (exact) mass is 226 g/mol. The number of nitrogen functional groups attached to an aromatic ring is 1. The highest BCUT2D eigenvalue weighted by Gasteiger charge is 2.14. The summed E-state index contributed by atoms with van der Waals surface area (Å²) < 4.78 is 13.4. The third-order valence-electron chi connectivity index (χ3n) is 2.56. The van der Waals surface area contributed by atoms with Gasteiger partial charge in [-0.05, 0) is 37.6 Å². The van der Waals surface area contributed by atoms with Crippen molar-refractivity contribution in [2.75, 3.05) is 18.0 Å². The first kappa shape index (κ1) is 10.8. The smallest absolute Gasteiger partial charge is 0.138 e. The van der Waals surface area contributed by atoms with Crippen molar-refractivity contribution >= 4 is 17.4 Å². The summed E-state index contributed by atoms with van der Waals surface area (Å²) in [4.78, 5) is 0.693. The van der Waals surface area contributed by atoms with Crippen LogP contribution in [0.4, 0.5) is 10.1 Å². The van der Waals surface area contributed by atoms with Gasteiger partial charge in [0.15, 0.2) is 0 Å². The number of nitrogens with one attached hydrogen (secondary N) is 1. The Morgan fingerprint density at radius 1 is 1.53 bits per heavy atom. The maximum Gasteiger partial charge on any atom is 0.138 e. The van der Waals surface area contributed by atoms with Crippen LogP contribution in [0.3, 0.4) is 0 Å². The molecule has 1 aromatic rings. The van der Waals surface area contributed by atoms with E-state index in [2.05, 4.69) is 5.32 Å². The Morgan fingerprint density at radius 3 is 3.07 bits per heavy atom. The van der Waals surface area contributed by atoms with Gasteiger partial charge in [-0.15, -0.1) is 11.8 Å². The van der Waals surface area contributed by atoms with Gasteiger partial charge in [0.25, 0.3) is 0 Å². The second-order valence-electron chi connectivity index (χ2n) is 3.79. The van der Waals surface area contributed by atoms with E-state index in [0.29, 0.717) is 16.6 Å². The van der Waals surface area contributed by atoms with Crippen LogP contribution in [0.25, 0.3) is 0 Å². The van der Waals surface area contributed by atoms with Gasteiger partial charge in [0.05, 0.1) is 0 Å². The molecule has 82 valence electrons. The van der Waals surface area contributed by atoms with Crippen molar-refractivity contribution in [1.82, 2.24) is 5.32 Å². The Hall–Kier alpha value is -0.740. The Balaban J connectivity index is 1.92. The molecule has 0 amide bonds. The van der Waals surface area contributed by atoms with E-state index in [-0.39, 0.29) is 5.82 Å². The summed E-state index contributed by atoms with van der Waals surface area (Å²) in [7, 11) is 0. The molecule has 2 rings (SSSR count). The summed E-state index contributed by atoms with van der Waals surface area (Å²) in [6, 6.07) is 5.41. The van der Waals surface area contributed by atoms with E-state index in [1.54, 1.807) is 23.9 Å². The van der Waals surface area contributed by atoms with Gasteiger partial charge in [0.1, 0.15) is 5.82 Å². The van der Waals surface area contributed by atoms with Gasteiger partial charge in [-0.2, -0.15) is 0 Å². The van der Waals surface area contributed by atoms with E-state index in [1.807, 2.05) is 0 Å². The Labute approximate surface area is 93.4 Å². The summed E-state index contributed by atoms with van der Waals surface area (Å²) in [5.41, 5.74) is 5.97. The number of halogens is 1. The van der Waals surface area contributed by atoms with Crippen LogP contribution in [0.2, 0.25) is 0 Å². The van der Waals surface area contributed by atoms with Crippen molar-refractivity contribution in [2.24, 2.45) is 0 Å². The molecule has 0 saturated carbocycles. The normalized spacial score (nSPS) is 20.7. The molecule has 1 heterocycles. The molecule has 1 aromatic carbocycles. The lowest BCUT2D eigenvalue weighted by Gasteiger charge is -2.09. The number of thioether (sulfide) groups is 1. The Kier molecular flexibility index (Phi) is 3.49. The van der Waals surface area contributed by atoms with Crippen molar-refractivity contribution in [3.05, 3.63) is 24.0 Å². The fraction of sp³-hybridized carbons (Fsp3) is 0.455. The molecule has 3 N–H and O–H groups in total. The van der Waals surface area contributed by atoms with E-state index < -0.39 is 0 Å². The zero-order chi connectivity index (χ0) is 10.7. The zero-order valence-electron chi connectivity index (χ0n) is 8.50. The average molecular weight is 226 g/mol. The van der Waals surface area contributed by atoms with Crippen molar-refractivity contribution in [1.29, 1.82) is 0 Å². The minimum absolute atomic E-state index is 0.210. The van der Waals surface area contributed by atoms with E-state index >= 15 is 0 Å². The zero-order valence-corrected chi connectivity index (χ0v) is 9.32. The van der Waals surface area contributed by atoms with Gasteiger partial charge in [-0.1, -0.05) is 0 Å². The third-order valence-corrected chi connectivity index (χ3v) is 3.77. The first-order valence-electron chi connectivity index (χ1n) is 5.17. The lowest BCUT2D eigenvalue weighted by molar-refractivity contribution is 0.602. The molecule has 1 saturated heterocycles. The van der Waals surface area contributed by atoms with Gasteiger partial charge in [0.2, 0.25) is 0 Å². The van der Waals surface area contributed by atoms with E-state index in [1.165, 1.54) is 18.9 Å². The highest BCUT2D eigenvalue weighted by molar-refractivity contribution is 7.99. The maximum atomic E-state index is 13.4. The molecule has 4 heteroatoms. The average Bonchev–Trinajstić information content (AvgIpc) is 2.69. The molecule has 1 aliphatic rings. The SMILES string of the molecule is Nc1ccc(SCC2CCCN2)c(F)c1. The minimum atomic E-state index is -0.210. The van der Waals surface area contributed by atoms with Crippen LogP contribution in [0.1, 0.15) is 12.8 Å². The molecule has 0 aromatic heterocycles. The Bertz CT molecular complexity index is 337. The molecule has 15 heavy (non-hydrogen) atoms. The van der Waals surface area contributed by atoms with Crippen molar-refractivity contribution in [3.63, 3.8) is 0 Å². The van der Waals surface area contributed by atoms with Gasteiger partial charge in [-0.25, -0.2) is 4.39 Å². The molecule has 1 unspecified atom stereocenters. The fourth-order valence-electron chi connectivity index (χ4n) is 1.72. The highest BCUT2D eigenvalue weighted by atomic mass is 32.2. The van der Waals surface area contributed by atoms with Crippen LogP contribution in [0.15, 0.2) is 23.1 Å².